The summed E-state index contributed by atoms with van der Waals surface area (Å²) in [6.07, 6.45) is 1.57. The van der Waals surface area contributed by atoms with Crippen LogP contribution in [0.4, 0.5) is 5.69 Å². The van der Waals surface area contributed by atoms with Gasteiger partial charge < -0.3 is 9.52 Å². The molecule has 1 unspecified atom stereocenters. The summed E-state index contributed by atoms with van der Waals surface area (Å²) in [6, 6.07) is 17.2. The van der Waals surface area contributed by atoms with Gasteiger partial charge in [-0.1, -0.05) is 66.4 Å². The van der Waals surface area contributed by atoms with E-state index in [0.717, 1.165) is 22.2 Å². The van der Waals surface area contributed by atoms with Gasteiger partial charge in [0, 0.05) is 18.6 Å². The Hall–Kier alpha value is -3.76. The van der Waals surface area contributed by atoms with Crippen molar-refractivity contribution in [3.8, 4) is 11.3 Å². The number of rotatable bonds is 7. The number of benzene rings is 2. The summed E-state index contributed by atoms with van der Waals surface area (Å²) in [5.41, 5.74) is 0.974. The molecule has 3 aromatic rings. The number of carbonyl (C=O) groups excluding carboxylic acids is 1. The van der Waals surface area contributed by atoms with E-state index in [9.17, 15) is 24.8 Å². The lowest BCUT2D eigenvalue weighted by Gasteiger charge is -2.23. The zero-order chi connectivity index (χ0) is 23.5. The van der Waals surface area contributed by atoms with Crippen LogP contribution in [0.1, 0.15) is 11.3 Å². The third kappa shape index (κ3) is 4.71. The fourth-order valence-electron chi connectivity index (χ4n) is 3.42. The van der Waals surface area contributed by atoms with Crippen LogP contribution in [0.3, 0.4) is 0 Å². The van der Waals surface area contributed by atoms with Crippen LogP contribution in [0.5, 0.6) is 0 Å². The SMILES string of the molecule is O=C(O)C(Cc1ccccc1)N1C(=O)/C(=C\c2ccc(-c3ccccc3[N+](=O)[O-])o2)SC1=S. The molecular weight excluding hydrogens is 464 g/mol. The number of amides is 1. The monoisotopic (exact) mass is 480 g/mol. The lowest BCUT2D eigenvalue weighted by Crippen LogP contribution is -2.45. The van der Waals surface area contributed by atoms with Crippen molar-refractivity contribution in [1.29, 1.82) is 0 Å². The van der Waals surface area contributed by atoms with E-state index in [2.05, 4.69) is 0 Å². The first-order valence-electron chi connectivity index (χ1n) is 9.72. The van der Waals surface area contributed by atoms with Crippen molar-refractivity contribution in [3.63, 3.8) is 0 Å². The molecule has 1 aromatic heterocycles. The Morgan fingerprint density at radius 3 is 2.55 bits per heavy atom. The number of nitro groups is 1. The van der Waals surface area contributed by atoms with Gasteiger partial charge in [-0.2, -0.15) is 0 Å². The Bertz CT molecular complexity index is 1280. The van der Waals surface area contributed by atoms with Gasteiger partial charge in [0.2, 0.25) is 0 Å². The minimum Gasteiger partial charge on any atom is -0.480 e. The first kappa shape index (κ1) is 22.4. The van der Waals surface area contributed by atoms with Gasteiger partial charge in [0.05, 0.1) is 15.4 Å². The molecule has 1 N–H and O–H groups in total. The maximum absolute atomic E-state index is 13.0. The molecule has 0 radical (unpaired) electrons. The van der Waals surface area contributed by atoms with Crippen LogP contribution in [0, 0.1) is 10.1 Å². The number of hydrogen-bond donors (Lipinski definition) is 1. The van der Waals surface area contributed by atoms with Crippen molar-refractivity contribution in [3.05, 3.63) is 93.1 Å². The molecule has 8 nitrogen and oxygen atoms in total. The number of furan rings is 1. The molecule has 1 aliphatic heterocycles. The highest BCUT2D eigenvalue weighted by atomic mass is 32.2. The zero-order valence-corrected chi connectivity index (χ0v) is 18.5. The van der Waals surface area contributed by atoms with Gasteiger partial charge in [-0.05, 0) is 23.8 Å². The second-order valence-electron chi connectivity index (χ2n) is 7.07. The summed E-state index contributed by atoms with van der Waals surface area (Å²) in [7, 11) is 0. The van der Waals surface area contributed by atoms with Gasteiger partial charge in [-0.3, -0.25) is 19.8 Å². The molecule has 33 heavy (non-hydrogen) atoms. The average molecular weight is 481 g/mol. The molecule has 0 bridgehead atoms. The van der Waals surface area contributed by atoms with E-state index in [-0.39, 0.29) is 27.1 Å². The van der Waals surface area contributed by atoms with E-state index < -0.39 is 22.8 Å². The normalized spacial score (nSPS) is 15.8. The van der Waals surface area contributed by atoms with Crippen molar-refractivity contribution in [2.75, 3.05) is 0 Å². The van der Waals surface area contributed by atoms with Crippen molar-refractivity contribution in [1.82, 2.24) is 4.90 Å². The van der Waals surface area contributed by atoms with Gasteiger partial charge in [0.25, 0.3) is 11.6 Å². The number of para-hydroxylation sites is 1. The number of thioether (sulfide) groups is 1. The van der Waals surface area contributed by atoms with Gasteiger partial charge in [0.15, 0.2) is 0 Å². The number of carboxylic acids is 1. The van der Waals surface area contributed by atoms with Gasteiger partial charge >= 0.3 is 5.97 Å². The molecule has 166 valence electrons. The molecule has 0 spiro atoms. The van der Waals surface area contributed by atoms with E-state index >= 15 is 0 Å². The van der Waals surface area contributed by atoms with Crippen LogP contribution < -0.4 is 0 Å². The smallest absolute Gasteiger partial charge is 0.327 e. The van der Waals surface area contributed by atoms with Crippen molar-refractivity contribution >= 4 is 51.9 Å². The largest absolute Gasteiger partial charge is 0.480 e. The summed E-state index contributed by atoms with van der Waals surface area (Å²) in [5.74, 6) is -1.12. The first-order chi connectivity index (χ1) is 15.8. The Kier molecular flexibility index (Phi) is 6.38. The maximum atomic E-state index is 13.0. The summed E-state index contributed by atoms with van der Waals surface area (Å²) in [6.45, 7) is 0. The predicted molar refractivity (Wildman–Crippen MR) is 127 cm³/mol. The van der Waals surface area contributed by atoms with E-state index in [1.807, 2.05) is 6.07 Å². The Balaban J connectivity index is 1.60. The second-order valence-corrected chi connectivity index (χ2v) is 8.75. The van der Waals surface area contributed by atoms with Crippen LogP contribution in [0.2, 0.25) is 0 Å². The lowest BCUT2D eigenvalue weighted by molar-refractivity contribution is -0.384. The number of hydrogen-bond acceptors (Lipinski definition) is 7. The fraction of sp³-hybridized carbons (Fsp3) is 0.0870. The zero-order valence-electron chi connectivity index (χ0n) is 16.9. The summed E-state index contributed by atoms with van der Waals surface area (Å²) in [5, 5.41) is 21.0. The molecule has 1 amide bonds. The molecule has 1 saturated heterocycles. The van der Waals surface area contributed by atoms with E-state index in [4.69, 9.17) is 16.6 Å². The Morgan fingerprint density at radius 2 is 1.85 bits per heavy atom. The quantitative estimate of drug-likeness (QED) is 0.223. The predicted octanol–water partition coefficient (Wildman–Crippen LogP) is 4.75. The molecule has 2 heterocycles. The first-order valence-corrected chi connectivity index (χ1v) is 10.9. The van der Waals surface area contributed by atoms with Gasteiger partial charge in [0.1, 0.15) is 21.9 Å². The number of thiocarbonyl (C=S) groups is 1. The fourth-order valence-corrected chi connectivity index (χ4v) is 4.76. The maximum Gasteiger partial charge on any atom is 0.327 e. The third-order valence-electron chi connectivity index (χ3n) is 4.96. The summed E-state index contributed by atoms with van der Waals surface area (Å²) >= 11 is 6.29. The number of carboxylic acid groups (broad SMARTS) is 1. The minimum atomic E-state index is -1.16. The third-order valence-corrected chi connectivity index (χ3v) is 6.29. The number of nitrogens with zero attached hydrogens (tertiary/aromatic N) is 2. The molecule has 1 fully saturated rings. The van der Waals surface area contributed by atoms with E-state index in [0.29, 0.717) is 11.3 Å². The van der Waals surface area contributed by atoms with Crippen molar-refractivity contribution in [2.24, 2.45) is 0 Å². The second kappa shape index (κ2) is 9.39. The number of aliphatic carboxylic acids is 1. The topological polar surface area (TPSA) is 114 Å². The highest BCUT2D eigenvalue weighted by Crippen LogP contribution is 2.36. The van der Waals surface area contributed by atoms with E-state index in [1.54, 1.807) is 54.6 Å². The molecule has 2 aromatic carbocycles. The van der Waals surface area contributed by atoms with E-state index in [1.165, 1.54) is 12.1 Å². The number of nitro benzene ring substituents is 1. The minimum absolute atomic E-state index is 0.102. The van der Waals surface area contributed by atoms with Crippen LogP contribution >= 0.6 is 24.0 Å². The molecule has 0 saturated carbocycles. The van der Waals surface area contributed by atoms with Crippen LogP contribution in [0.25, 0.3) is 17.4 Å². The Morgan fingerprint density at radius 1 is 1.15 bits per heavy atom. The average Bonchev–Trinajstić information content (AvgIpc) is 3.37. The molecule has 10 heteroatoms. The van der Waals surface area contributed by atoms with Crippen LogP contribution in [-0.2, 0) is 16.0 Å². The lowest BCUT2D eigenvalue weighted by atomic mass is 10.0. The molecule has 1 aliphatic rings. The molecule has 0 aliphatic carbocycles. The molecular formula is C23H16N2O6S2. The van der Waals surface area contributed by atoms with Crippen molar-refractivity contribution in [2.45, 2.75) is 12.5 Å². The molecule has 4 rings (SSSR count). The van der Waals surface area contributed by atoms with Gasteiger partial charge in [-0.15, -0.1) is 0 Å². The highest BCUT2D eigenvalue weighted by molar-refractivity contribution is 8.26. The Labute approximate surface area is 197 Å². The standard InChI is InChI=1S/C23H16N2O6S2/c26-21-20(13-15-10-11-19(31-15)16-8-4-5-9-17(16)25(29)30)33-23(32)24(21)18(22(27)28)12-14-6-2-1-3-7-14/h1-11,13,18H,12H2,(H,27,28)/b20-13+. The molecule has 1 atom stereocenters. The van der Waals surface area contributed by atoms with Gasteiger partial charge in [-0.25, -0.2) is 4.79 Å². The number of carbonyl (C=O) groups is 2. The summed E-state index contributed by atoms with van der Waals surface area (Å²) in [4.78, 5) is 37.1. The van der Waals surface area contributed by atoms with Crippen LogP contribution in [-0.4, -0.2) is 37.2 Å². The van der Waals surface area contributed by atoms with Crippen molar-refractivity contribution < 1.29 is 24.0 Å². The highest BCUT2D eigenvalue weighted by Gasteiger charge is 2.40. The summed E-state index contributed by atoms with van der Waals surface area (Å²) < 4.78 is 5.86. The van der Waals surface area contributed by atoms with Crippen LogP contribution in [0.15, 0.2) is 76.1 Å².